The molecule has 1 atom stereocenters. The first-order valence-electron chi connectivity index (χ1n) is 10.9. The molecule has 4 rings (SSSR count). The molecule has 1 unspecified atom stereocenters. The van der Waals surface area contributed by atoms with E-state index in [2.05, 4.69) is 77.3 Å². The first-order chi connectivity index (χ1) is 15.6. The summed E-state index contributed by atoms with van der Waals surface area (Å²) < 4.78 is 8.26. The van der Waals surface area contributed by atoms with Crippen LogP contribution in [0.25, 0.3) is 10.6 Å². The molecular formula is C25H28N4OS2. The summed E-state index contributed by atoms with van der Waals surface area (Å²) in [6.07, 6.45) is 0.836. The molecule has 0 spiro atoms. The van der Waals surface area contributed by atoms with Crippen molar-refractivity contribution in [1.29, 1.82) is 0 Å². The zero-order valence-electron chi connectivity index (χ0n) is 18.9. The van der Waals surface area contributed by atoms with Gasteiger partial charge in [-0.1, -0.05) is 60.6 Å². The van der Waals surface area contributed by atoms with Crippen LogP contribution in [0.3, 0.4) is 0 Å². The number of aromatic nitrogens is 4. The van der Waals surface area contributed by atoms with Crippen LogP contribution in [0.4, 0.5) is 0 Å². The summed E-state index contributed by atoms with van der Waals surface area (Å²) in [5.74, 6) is 2.45. The number of nitrogens with zero attached hydrogens (tertiary/aromatic N) is 4. The molecule has 4 aromatic rings. The molecule has 0 aliphatic heterocycles. The van der Waals surface area contributed by atoms with Crippen LogP contribution in [0, 0.1) is 6.92 Å². The van der Waals surface area contributed by atoms with Gasteiger partial charge in [0.05, 0.1) is 5.69 Å². The van der Waals surface area contributed by atoms with Gasteiger partial charge in [-0.15, -0.1) is 21.5 Å². The molecule has 0 aliphatic rings. The molecule has 5 nitrogen and oxygen atoms in total. The summed E-state index contributed by atoms with van der Waals surface area (Å²) >= 11 is 3.34. The zero-order chi connectivity index (χ0) is 22.5. The molecule has 7 heteroatoms. The van der Waals surface area contributed by atoms with Crippen molar-refractivity contribution in [2.24, 2.45) is 0 Å². The van der Waals surface area contributed by atoms with Crippen molar-refractivity contribution >= 4 is 23.1 Å². The first kappa shape index (κ1) is 22.6. The van der Waals surface area contributed by atoms with Gasteiger partial charge >= 0.3 is 0 Å². The molecule has 0 amide bonds. The second-order valence-electron chi connectivity index (χ2n) is 7.64. The minimum Gasteiger partial charge on any atom is -0.483 e. The third kappa shape index (κ3) is 5.22. The van der Waals surface area contributed by atoms with Gasteiger partial charge < -0.3 is 9.30 Å². The quantitative estimate of drug-likeness (QED) is 0.257. The van der Waals surface area contributed by atoms with Gasteiger partial charge in [-0.2, -0.15) is 0 Å². The van der Waals surface area contributed by atoms with E-state index in [1.807, 2.05) is 19.1 Å². The number of thiazole rings is 1. The van der Waals surface area contributed by atoms with Gasteiger partial charge in [0.2, 0.25) is 0 Å². The van der Waals surface area contributed by atoms with Crippen molar-refractivity contribution in [3.63, 3.8) is 0 Å². The fourth-order valence-corrected chi connectivity index (χ4v) is 5.24. The number of ether oxygens (including phenoxy) is 1. The van der Waals surface area contributed by atoms with Crippen LogP contribution in [0.2, 0.25) is 0 Å². The largest absolute Gasteiger partial charge is 0.483 e. The lowest BCUT2D eigenvalue weighted by Crippen LogP contribution is -2.12. The summed E-state index contributed by atoms with van der Waals surface area (Å²) in [6, 6.07) is 16.7. The molecular weight excluding hydrogens is 436 g/mol. The maximum atomic E-state index is 6.14. The van der Waals surface area contributed by atoms with E-state index in [0.29, 0.717) is 0 Å². The Morgan fingerprint density at radius 1 is 1.03 bits per heavy atom. The van der Waals surface area contributed by atoms with Gasteiger partial charge in [-0.05, 0) is 44.9 Å². The minimum atomic E-state index is -0.184. The van der Waals surface area contributed by atoms with Crippen molar-refractivity contribution in [1.82, 2.24) is 19.7 Å². The Kier molecular flexibility index (Phi) is 7.27. The fraction of sp³-hybridized carbons (Fsp3) is 0.320. The monoisotopic (exact) mass is 464 g/mol. The van der Waals surface area contributed by atoms with Crippen LogP contribution in [0.15, 0.2) is 59.1 Å². The summed E-state index contributed by atoms with van der Waals surface area (Å²) in [5, 5.41) is 12.9. The van der Waals surface area contributed by atoms with Crippen molar-refractivity contribution in [3.05, 3.63) is 76.6 Å². The van der Waals surface area contributed by atoms with E-state index >= 15 is 0 Å². The molecule has 0 radical (unpaired) electrons. The number of rotatable bonds is 9. The highest BCUT2D eigenvalue weighted by Crippen LogP contribution is 2.29. The lowest BCUT2D eigenvalue weighted by molar-refractivity contribution is 0.210. The Morgan fingerprint density at radius 3 is 2.47 bits per heavy atom. The van der Waals surface area contributed by atoms with Gasteiger partial charge in [0.15, 0.2) is 17.1 Å². The van der Waals surface area contributed by atoms with Crippen LogP contribution >= 0.6 is 23.1 Å². The van der Waals surface area contributed by atoms with Crippen molar-refractivity contribution in [3.8, 4) is 16.3 Å². The molecule has 0 saturated heterocycles. The number of benzene rings is 2. The third-order valence-corrected chi connectivity index (χ3v) is 7.21. The molecule has 0 saturated carbocycles. The number of hydrogen-bond donors (Lipinski definition) is 0. The van der Waals surface area contributed by atoms with E-state index < -0.39 is 0 Å². The molecule has 0 aliphatic carbocycles. The minimum absolute atomic E-state index is 0.184. The Balaban J connectivity index is 1.42. The van der Waals surface area contributed by atoms with Gasteiger partial charge in [-0.3, -0.25) is 0 Å². The number of hydrogen-bond acceptors (Lipinski definition) is 6. The predicted octanol–water partition coefficient (Wildman–Crippen LogP) is 6.72. The van der Waals surface area contributed by atoms with E-state index in [9.17, 15) is 0 Å². The van der Waals surface area contributed by atoms with Gasteiger partial charge in [0.25, 0.3) is 0 Å². The number of thioether (sulfide) groups is 1. The Morgan fingerprint density at radius 2 is 1.78 bits per heavy atom. The van der Waals surface area contributed by atoms with Gasteiger partial charge in [0, 0.05) is 23.2 Å². The van der Waals surface area contributed by atoms with Crippen LogP contribution in [-0.2, 0) is 18.7 Å². The van der Waals surface area contributed by atoms with Crippen LogP contribution in [0.5, 0.6) is 5.75 Å². The Labute approximate surface area is 197 Å². The van der Waals surface area contributed by atoms with Crippen molar-refractivity contribution in [2.45, 2.75) is 57.7 Å². The van der Waals surface area contributed by atoms with E-state index in [4.69, 9.17) is 9.72 Å². The van der Waals surface area contributed by atoms with Crippen molar-refractivity contribution in [2.75, 3.05) is 0 Å². The average molecular weight is 465 g/mol. The molecule has 166 valence electrons. The van der Waals surface area contributed by atoms with E-state index in [1.165, 1.54) is 11.1 Å². The summed E-state index contributed by atoms with van der Waals surface area (Å²) in [5.41, 5.74) is 4.77. The molecule has 2 heterocycles. The summed E-state index contributed by atoms with van der Waals surface area (Å²) in [6.45, 7) is 9.17. The zero-order valence-corrected chi connectivity index (χ0v) is 20.5. The summed E-state index contributed by atoms with van der Waals surface area (Å²) in [7, 11) is 0. The molecule has 0 fully saturated rings. The average Bonchev–Trinajstić information content (AvgIpc) is 3.45. The highest BCUT2D eigenvalue weighted by atomic mass is 32.2. The standard InChI is InChI=1S/C25H28N4OS2/c1-5-19-9-13-22(14-10-19)30-18(4)23-27-28-25(29(23)6-2)32-16-21-15-31-24(26-21)20-11-7-17(3)8-12-20/h7-15,18H,5-6,16H2,1-4H3. The van der Waals surface area contributed by atoms with E-state index in [0.717, 1.165) is 51.7 Å². The fourth-order valence-electron chi connectivity index (χ4n) is 3.41. The van der Waals surface area contributed by atoms with Crippen LogP contribution < -0.4 is 4.74 Å². The lowest BCUT2D eigenvalue weighted by Gasteiger charge is -2.15. The highest BCUT2D eigenvalue weighted by molar-refractivity contribution is 7.98. The molecule has 0 bridgehead atoms. The topological polar surface area (TPSA) is 52.8 Å². The predicted molar refractivity (Wildman–Crippen MR) is 132 cm³/mol. The lowest BCUT2D eigenvalue weighted by atomic mass is 10.2. The van der Waals surface area contributed by atoms with Crippen LogP contribution in [-0.4, -0.2) is 19.7 Å². The smallest absolute Gasteiger partial charge is 0.191 e. The molecule has 2 aromatic heterocycles. The SMILES string of the molecule is CCc1ccc(OC(C)c2nnc(SCc3csc(-c4ccc(C)cc4)n3)n2CC)cc1. The molecule has 2 aromatic carbocycles. The Hall–Kier alpha value is -2.64. The van der Waals surface area contributed by atoms with E-state index in [-0.39, 0.29) is 6.10 Å². The molecule has 32 heavy (non-hydrogen) atoms. The normalized spacial score (nSPS) is 12.1. The second-order valence-corrected chi connectivity index (χ2v) is 9.44. The van der Waals surface area contributed by atoms with Crippen molar-refractivity contribution < 1.29 is 4.74 Å². The maximum Gasteiger partial charge on any atom is 0.191 e. The maximum absolute atomic E-state index is 6.14. The van der Waals surface area contributed by atoms with E-state index in [1.54, 1.807) is 23.1 Å². The Bertz CT molecular complexity index is 1150. The second kappa shape index (κ2) is 10.3. The van der Waals surface area contributed by atoms with Gasteiger partial charge in [-0.25, -0.2) is 4.98 Å². The number of aryl methyl sites for hydroxylation is 2. The highest BCUT2D eigenvalue weighted by Gasteiger charge is 2.19. The third-order valence-electron chi connectivity index (χ3n) is 5.27. The summed E-state index contributed by atoms with van der Waals surface area (Å²) in [4.78, 5) is 4.81. The van der Waals surface area contributed by atoms with Gasteiger partial charge in [0.1, 0.15) is 10.8 Å². The van der Waals surface area contributed by atoms with Crippen LogP contribution in [0.1, 0.15) is 49.5 Å². The first-order valence-corrected chi connectivity index (χ1v) is 12.8. The molecule has 0 N–H and O–H groups in total.